The number of fused-ring (bicyclic) bond motifs is 5. The van der Waals surface area contributed by atoms with E-state index in [0.717, 1.165) is 0 Å². The molecule has 3 heterocycles. The fraction of sp³-hybridized carbons (Fsp3) is 0.500. The van der Waals surface area contributed by atoms with Crippen molar-refractivity contribution >= 4 is 34.8 Å². The summed E-state index contributed by atoms with van der Waals surface area (Å²) in [7, 11) is 4.39. The van der Waals surface area contributed by atoms with Gasteiger partial charge in [-0.2, -0.15) is 5.26 Å². The Morgan fingerprint density at radius 3 is 1.95 bits per heavy atom. The minimum Gasteiger partial charge on any atom is -0.492 e. The lowest BCUT2D eigenvalue weighted by Crippen LogP contribution is -2.74. The van der Waals surface area contributed by atoms with Gasteiger partial charge in [0.05, 0.1) is 32.4 Å². The molecule has 42 heavy (non-hydrogen) atoms. The van der Waals surface area contributed by atoms with E-state index in [9.17, 15) is 34.0 Å². The minimum absolute atomic E-state index is 0.00967. The van der Waals surface area contributed by atoms with Crippen LogP contribution in [0.25, 0.3) is 0 Å². The summed E-state index contributed by atoms with van der Waals surface area (Å²) in [6.07, 6.45) is 0.0918. The van der Waals surface area contributed by atoms with Crippen LogP contribution in [0.5, 0.6) is 0 Å². The molecule has 1 saturated heterocycles. The van der Waals surface area contributed by atoms with Gasteiger partial charge in [0, 0.05) is 58.5 Å². The molecular formula is C30H32N4O8. The van der Waals surface area contributed by atoms with Gasteiger partial charge < -0.3 is 14.8 Å². The quantitative estimate of drug-likeness (QED) is 0.340. The number of rotatable bonds is 6. The summed E-state index contributed by atoms with van der Waals surface area (Å²) in [6.45, 7) is 4.34. The fourth-order valence-electron chi connectivity index (χ4n) is 7.26. The number of hydrogen-bond donors (Lipinski definition) is 1. The number of amides is 1. The molecule has 1 N–H and O–H groups in total. The van der Waals surface area contributed by atoms with Crippen LogP contribution >= 0.6 is 0 Å². The van der Waals surface area contributed by atoms with Gasteiger partial charge in [-0.25, -0.2) is 0 Å². The van der Waals surface area contributed by atoms with Crippen molar-refractivity contribution in [2.45, 2.75) is 70.2 Å². The van der Waals surface area contributed by atoms with E-state index < -0.39 is 59.2 Å². The maximum absolute atomic E-state index is 13.8. The molecule has 1 amide bonds. The summed E-state index contributed by atoms with van der Waals surface area (Å²) in [5, 5.41) is 13.1. The number of Topliss-reactive ketones (excluding diaryl/α,β-unsaturated/α-hetero) is 5. The number of allylic oxidation sites excluding steroid dienone is 4. The van der Waals surface area contributed by atoms with Gasteiger partial charge in [-0.1, -0.05) is 6.92 Å². The zero-order valence-electron chi connectivity index (χ0n) is 24.3. The Morgan fingerprint density at radius 1 is 0.905 bits per heavy atom. The molecule has 0 aromatic carbocycles. The van der Waals surface area contributed by atoms with Crippen LogP contribution in [0.15, 0.2) is 45.0 Å². The lowest BCUT2D eigenvalue weighted by atomic mass is 9.67. The zero-order valence-corrected chi connectivity index (χ0v) is 24.3. The van der Waals surface area contributed by atoms with Crippen LogP contribution in [0.3, 0.4) is 0 Å². The maximum Gasteiger partial charge on any atom is 0.287 e. The molecule has 12 nitrogen and oxygen atoms in total. The molecule has 5 atom stereocenters. The van der Waals surface area contributed by atoms with Gasteiger partial charge in [-0.3, -0.25) is 38.6 Å². The Bertz CT molecular complexity index is 1540. The van der Waals surface area contributed by atoms with Gasteiger partial charge in [0.1, 0.15) is 6.04 Å². The number of likely N-dealkylation sites (N-methyl/N-ethyl adjacent to an activating group) is 1. The second-order valence-electron chi connectivity index (χ2n) is 11.1. The van der Waals surface area contributed by atoms with Gasteiger partial charge in [0.15, 0.2) is 23.1 Å². The van der Waals surface area contributed by atoms with Crippen LogP contribution < -0.4 is 5.32 Å². The molecule has 1 fully saturated rings. The number of hydrogen-bond acceptors (Lipinski definition) is 11. The van der Waals surface area contributed by atoms with E-state index in [1.807, 2.05) is 4.90 Å². The third-order valence-corrected chi connectivity index (χ3v) is 9.24. The van der Waals surface area contributed by atoms with E-state index in [-0.39, 0.29) is 71.0 Å². The first-order chi connectivity index (χ1) is 19.9. The number of piperazine rings is 1. The van der Waals surface area contributed by atoms with Crippen molar-refractivity contribution in [3.05, 3.63) is 45.0 Å². The highest BCUT2D eigenvalue weighted by atomic mass is 16.5. The van der Waals surface area contributed by atoms with E-state index in [0.29, 0.717) is 5.57 Å². The van der Waals surface area contributed by atoms with Gasteiger partial charge in [-0.15, -0.1) is 0 Å². The molecule has 5 aliphatic rings. The smallest absolute Gasteiger partial charge is 0.287 e. The van der Waals surface area contributed by atoms with E-state index in [1.54, 1.807) is 18.9 Å². The molecule has 5 rings (SSSR count). The Hall–Kier alpha value is -4.21. The highest BCUT2D eigenvalue weighted by Gasteiger charge is 2.59. The molecule has 0 radical (unpaired) electrons. The monoisotopic (exact) mass is 576 g/mol. The SMILES string of the molecule is CCC(=O)C(=O)NCC1C2=C(CC3[C@H]4C5=C(C[C@@H](C(C#N)N13)N4C)C(=O)C(C)=C(OC)C5=O)C(=O)C(C)=C(OC)C2=O. The van der Waals surface area contributed by atoms with Gasteiger partial charge >= 0.3 is 0 Å². The maximum atomic E-state index is 13.8. The van der Waals surface area contributed by atoms with Crippen molar-refractivity contribution in [3.8, 4) is 6.07 Å². The predicted octanol–water partition coefficient (Wildman–Crippen LogP) is 0.241. The second-order valence-corrected chi connectivity index (χ2v) is 11.1. The Morgan fingerprint density at radius 2 is 1.43 bits per heavy atom. The molecule has 220 valence electrons. The number of ketones is 5. The van der Waals surface area contributed by atoms with Crippen LogP contribution in [0, 0.1) is 11.3 Å². The van der Waals surface area contributed by atoms with Crippen molar-refractivity contribution in [3.63, 3.8) is 0 Å². The number of methoxy groups -OCH3 is 2. The molecule has 2 bridgehead atoms. The topological polar surface area (TPSA) is 163 Å². The normalized spacial score (nSPS) is 29.7. The van der Waals surface area contributed by atoms with Gasteiger partial charge in [0.2, 0.25) is 17.3 Å². The summed E-state index contributed by atoms with van der Waals surface area (Å²) in [4.78, 5) is 83.1. The largest absolute Gasteiger partial charge is 0.492 e. The number of ether oxygens (including phenoxy) is 2. The third kappa shape index (κ3) is 3.94. The number of nitriles is 1. The number of carbonyl (C=O) groups excluding carboxylic acids is 6. The summed E-state index contributed by atoms with van der Waals surface area (Å²) < 4.78 is 10.7. The highest BCUT2D eigenvalue weighted by Crippen LogP contribution is 2.48. The standard InChI is InChI=1S/C30H32N4O8/c1-7-20(35)30(40)32-11-19-21-14(24(36)12(2)28(41-5)26(21)38)9-17-23-22-15(25(37)13(3)29(42-6)27(22)39)8-16(33(23)4)18(10-31)34(17)19/h16-19,23H,7-9,11H2,1-6H3,(H,32,40)/t16-,17?,18?,19?,23-/m0/s1. The van der Waals surface area contributed by atoms with E-state index in [2.05, 4.69) is 11.4 Å². The predicted molar refractivity (Wildman–Crippen MR) is 145 cm³/mol. The molecule has 0 aromatic rings. The first-order valence-electron chi connectivity index (χ1n) is 13.8. The lowest BCUT2D eigenvalue weighted by molar-refractivity contribution is -0.138. The molecule has 0 saturated carbocycles. The average molecular weight is 577 g/mol. The average Bonchev–Trinajstić information content (AvgIpc) is 2.97. The Balaban J connectivity index is 1.70. The number of carbonyl (C=O) groups is 6. The van der Waals surface area contributed by atoms with E-state index in [1.165, 1.54) is 28.1 Å². The van der Waals surface area contributed by atoms with Crippen LogP contribution in [0.4, 0.5) is 0 Å². The molecule has 0 spiro atoms. The van der Waals surface area contributed by atoms with Crippen molar-refractivity contribution in [1.82, 2.24) is 15.1 Å². The van der Waals surface area contributed by atoms with Crippen LogP contribution in [-0.4, -0.2) is 103 Å². The minimum atomic E-state index is -0.985. The summed E-state index contributed by atoms with van der Waals surface area (Å²) in [5.74, 6) is -3.37. The first-order valence-corrected chi connectivity index (χ1v) is 13.8. The Kier molecular flexibility index (Phi) is 7.37. The molecule has 3 aliphatic heterocycles. The second kappa shape index (κ2) is 10.6. The Labute approximate surface area is 242 Å². The van der Waals surface area contributed by atoms with Crippen molar-refractivity contribution in [2.75, 3.05) is 27.8 Å². The van der Waals surface area contributed by atoms with E-state index in [4.69, 9.17) is 9.47 Å². The van der Waals surface area contributed by atoms with Crippen LogP contribution in [-0.2, 0) is 38.2 Å². The van der Waals surface area contributed by atoms with Crippen LogP contribution in [0.2, 0.25) is 0 Å². The van der Waals surface area contributed by atoms with E-state index >= 15 is 0 Å². The molecule has 12 heteroatoms. The highest BCUT2D eigenvalue weighted by molar-refractivity contribution is 6.36. The summed E-state index contributed by atoms with van der Waals surface area (Å²) in [6, 6.07) is -1.51. The lowest BCUT2D eigenvalue weighted by Gasteiger charge is -2.60. The summed E-state index contributed by atoms with van der Waals surface area (Å²) >= 11 is 0. The van der Waals surface area contributed by atoms with Crippen molar-refractivity contribution in [2.24, 2.45) is 0 Å². The number of nitrogens with zero attached hydrogens (tertiary/aromatic N) is 3. The molecular weight excluding hydrogens is 544 g/mol. The first kappa shape index (κ1) is 29.3. The zero-order chi connectivity index (χ0) is 30.8. The fourth-order valence-corrected chi connectivity index (χ4v) is 7.26. The van der Waals surface area contributed by atoms with Gasteiger partial charge in [-0.05, 0) is 33.7 Å². The van der Waals surface area contributed by atoms with Crippen LogP contribution in [0.1, 0.15) is 40.0 Å². The van der Waals surface area contributed by atoms with Crippen molar-refractivity contribution < 1.29 is 38.2 Å². The molecule has 2 aliphatic carbocycles. The molecule has 3 unspecified atom stereocenters. The van der Waals surface area contributed by atoms with Gasteiger partial charge in [0.25, 0.3) is 5.91 Å². The summed E-state index contributed by atoms with van der Waals surface area (Å²) in [5.41, 5.74) is 1.20. The third-order valence-electron chi connectivity index (χ3n) is 9.24. The molecule has 0 aromatic heterocycles. The number of nitrogens with one attached hydrogen (secondary N) is 1. The van der Waals surface area contributed by atoms with Crippen molar-refractivity contribution in [1.29, 1.82) is 5.26 Å².